The van der Waals surface area contributed by atoms with Crippen molar-refractivity contribution in [3.05, 3.63) is 58.6 Å². The number of anilines is 1. The molecule has 0 aliphatic carbocycles. The van der Waals surface area contributed by atoms with Crippen molar-refractivity contribution in [2.75, 3.05) is 11.1 Å². The molecule has 0 unspecified atom stereocenters. The molecule has 0 aliphatic heterocycles. The Bertz CT molecular complexity index is 1050. The molecular weight excluding hydrogens is 427 g/mol. The predicted molar refractivity (Wildman–Crippen MR) is 104 cm³/mol. The topological polar surface area (TPSA) is 72.7 Å². The summed E-state index contributed by atoms with van der Waals surface area (Å²) in [5.74, 6) is -0.0305. The van der Waals surface area contributed by atoms with Gasteiger partial charge in [-0.15, -0.1) is 0 Å². The Labute approximate surface area is 173 Å². The number of aromatic nitrogens is 4. The monoisotopic (exact) mass is 441 g/mol. The van der Waals surface area contributed by atoms with Gasteiger partial charge in [-0.3, -0.25) is 4.79 Å². The molecule has 2 heterocycles. The molecule has 0 fully saturated rings. The lowest BCUT2D eigenvalue weighted by Gasteiger charge is -2.11. The summed E-state index contributed by atoms with van der Waals surface area (Å²) in [7, 11) is 0. The molecule has 0 aliphatic rings. The van der Waals surface area contributed by atoms with Crippen molar-refractivity contribution < 1.29 is 18.0 Å². The zero-order chi connectivity index (χ0) is 21.2. The molecule has 1 N–H and O–H groups in total. The van der Waals surface area contributed by atoms with E-state index in [4.69, 9.17) is 11.6 Å². The van der Waals surface area contributed by atoms with Crippen LogP contribution in [0.1, 0.15) is 17.0 Å². The van der Waals surface area contributed by atoms with Crippen LogP contribution in [0.15, 0.2) is 41.7 Å². The first kappa shape index (κ1) is 21.1. The van der Waals surface area contributed by atoms with E-state index in [-0.39, 0.29) is 16.5 Å². The first-order valence-electron chi connectivity index (χ1n) is 8.28. The van der Waals surface area contributed by atoms with E-state index in [1.807, 2.05) is 19.9 Å². The van der Waals surface area contributed by atoms with Crippen LogP contribution in [0.5, 0.6) is 0 Å². The lowest BCUT2D eigenvalue weighted by molar-refractivity contribution is -0.137. The largest absolute Gasteiger partial charge is 0.416 e. The molecule has 11 heteroatoms. The maximum Gasteiger partial charge on any atom is 0.416 e. The van der Waals surface area contributed by atoms with Crippen molar-refractivity contribution in [1.29, 1.82) is 0 Å². The number of nitrogens with one attached hydrogen (secondary N) is 1. The summed E-state index contributed by atoms with van der Waals surface area (Å²) in [6.45, 7) is 3.75. The van der Waals surface area contributed by atoms with Gasteiger partial charge in [-0.2, -0.15) is 18.3 Å². The van der Waals surface area contributed by atoms with E-state index in [1.54, 1.807) is 10.7 Å². The summed E-state index contributed by atoms with van der Waals surface area (Å²) < 4.78 is 40.2. The molecule has 0 spiro atoms. The number of hydrogen-bond acceptors (Lipinski definition) is 5. The number of halogens is 4. The summed E-state index contributed by atoms with van der Waals surface area (Å²) in [6, 6.07) is 6.33. The maximum absolute atomic E-state index is 12.8. The minimum absolute atomic E-state index is 0.0187. The van der Waals surface area contributed by atoms with Crippen molar-refractivity contribution in [1.82, 2.24) is 19.7 Å². The highest BCUT2D eigenvalue weighted by Gasteiger charge is 2.31. The first-order chi connectivity index (χ1) is 13.6. The zero-order valence-electron chi connectivity index (χ0n) is 15.3. The number of rotatable bonds is 5. The standard InChI is InChI=1S/C18H15ClF3N5OS/c1-10-5-11(2)27(26-10)15-7-17(24-9-23-15)29-8-16(28)25-14-6-12(18(20,21)22)3-4-13(14)19/h3-7,9H,8H2,1-2H3,(H,25,28). The molecule has 29 heavy (non-hydrogen) atoms. The van der Waals surface area contributed by atoms with E-state index in [2.05, 4.69) is 20.4 Å². The number of amides is 1. The van der Waals surface area contributed by atoms with Gasteiger partial charge in [0.2, 0.25) is 5.91 Å². The zero-order valence-corrected chi connectivity index (χ0v) is 16.9. The molecule has 0 radical (unpaired) electrons. The van der Waals surface area contributed by atoms with E-state index in [0.717, 1.165) is 41.3 Å². The average molecular weight is 442 g/mol. The molecule has 0 bridgehead atoms. The van der Waals surface area contributed by atoms with Crippen molar-refractivity contribution >= 4 is 35.0 Å². The third-order valence-corrected chi connectivity index (χ3v) is 5.03. The third-order valence-electron chi connectivity index (χ3n) is 3.77. The van der Waals surface area contributed by atoms with E-state index < -0.39 is 17.6 Å². The Morgan fingerprint density at radius 3 is 2.62 bits per heavy atom. The number of carbonyl (C=O) groups is 1. The van der Waals surface area contributed by atoms with E-state index in [1.165, 1.54) is 6.33 Å². The fourth-order valence-electron chi connectivity index (χ4n) is 2.51. The highest BCUT2D eigenvalue weighted by Crippen LogP contribution is 2.34. The summed E-state index contributed by atoms with van der Waals surface area (Å²) in [4.78, 5) is 20.5. The number of hydrogen-bond donors (Lipinski definition) is 1. The molecular formula is C18H15ClF3N5OS. The Morgan fingerprint density at radius 1 is 1.21 bits per heavy atom. The lowest BCUT2D eigenvalue weighted by Crippen LogP contribution is -2.15. The smallest absolute Gasteiger partial charge is 0.324 e. The number of nitrogens with zero attached hydrogens (tertiary/aromatic N) is 4. The van der Waals surface area contributed by atoms with Gasteiger partial charge in [-0.25, -0.2) is 14.6 Å². The van der Waals surface area contributed by atoms with Crippen LogP contribution in [0.2, 0.25) is 5.02 Å². The molecule has 3 aromatic rings. The number of benzene rings is 1. The van der Waals surface area contributed by atoms with E-state index in [9.17, 15) is 18.0 Å². The molecule has 3 rings (SSSR count). The molecule has 152 valence electrons. The lowest BCUT2D eigenvalue weighted by atomic mass is 10.2. The van der Waals surface area contributed by atoms with Crippen LogP contribution in [-0.4, -0.2) is 31.4 Å². The summed E-state index contributed by atoms with van der Waals surface area (Å²) in [5.41, 5.74) is 0.745. The summed E-state index contributed by atoms with van der Waals surface area (Å²) in [5, 5.41) is 7.28. The number of aryl methyl sites for hydroxylation is 2. The Kier molecular flexibility index (Phi) is 6.13. The molecule has 1 amide bonds. The molecule has 0 atom stereocenters. The second-order valence-corrected chi connectivity index (χ2v) is 7.49. The Hall–Kier alpha value is -2.59. The molecule has 6 nitrogen and oxygen atoms in total. The number of carbonyl (C=O) groups excluding carboxylic acids is 1. The minimum Gasteiger partial charge on any atom is -0.324 e. The third kappa shape index (κ3) is 5.27. The predicted octanol–water partition coefficient (Wildman–Crippen LogP) is 4.68. The Balaban J connectivity index is 1.67. The van der Waals surface area contributed by atoms with E-state index in [0.29, 0.717) is 10.8 Å². The van der Waals surface area contributed by atoms with Gasteiger partial charge < -0.3 is 5.32 Å². The average Bonchev–Trinajstić information content (AvgIpc) is 2.99. The molecule has 1 aromatic carbocycles. The van der Waals surface area contributed by atoms with Crippen molar-refractivity contribution in [2.45, 2.75) is 25.0 Å². The SMILES string of the molecule is Cc1cc(C)n(-c2cc(SCC(=O)Nc3cc(C(F)(F)F)ccc3Cl)ncn2)n1. The number of thioether (sulfide) groups is 1. The highest BCUT2D eigenvalue weighted by atomic mass is 35.5. The van der Waals surface area contributed by atoms with Crippen LogP contribution in [0.4, 0.5) is 18.9 Å². The van der Waals surface area contributed by atoms with Gasteiger partial charge in [-0.1, -0.05) is 23.4 Å². The van der Waals surface area contributed by atoms with Gasteiger partial charge in [0.25, 0.3) is 0 Å². The van der Waals surface area contributed by atoms with Crippen LogP contribution in [0, 0.1) is 13.8 Å². The van der Waals surface area contributed by atoms with Gasteiger partial charge in [0, 0.05) is 11.8 Å². The van der Waals surface area contributed by atoms with E-state index >= 15 is 0 Å². The quantitative estimate of drug-likeness (QED) is 0.459. The Morgan fingerprint density at radius 2 is 1.97 bits per heavy atom. The van der Waals surface area contributed by atoms with Crippen LogP contribution >= 0.6 is 23.4 Å². The second-order valence-electron chi connectivity index (χ2n) is 6.08. The summed E-state index contributed by atoms with van der Waals surface area (Å²) in [6.07, 6.45) is -3.17. The van der Waals surface area contributed by atoms with Crippen molar-refractivity contribution in [3.8, 4) is 5.82 Å². The van der Waals surface area contributed by atoms with Crippen LogP contribution < -0.4 is 5.32 Å². The van der Waals surface area contributed by atoms with Crippen molar-refractivity contribution in [2.24, 2.45) is 0 Å². The second kappa shape index (κ2) is 8.42. The summed E-state index contributed by atoms with van der Waals surface area (Å²) >= 11 is 7.01. The van der Waals surface area contributed by atoms with Gasteiger partial charge >= 0.3 is 6.18 Å². The van der Waals surface area contributed by atoms with Gasteiger partial charge in [-0.05, 0) is 38.1 Å². The minimum atomic E-state index is -4.53. The van der Waals surface area contributed by atoms with Crippen LogP contribution in [0.3, 0.4) is 0 Å². The van der Waals surface area contributed by atoms with Crippen LogP contribution in [-0.2, 0) is 11.0 Å². The molecule has 2 aromatic heterocycles. The molecule has 0 saturated heterocycles. The first-order valence-corrected chi connectivity index (χ1v) is 9.65. The van der Waals surface area contributed by atoms with Gasteiger partial charge in [0.15, 0.2) is 5.82 Å². The van der Waals surface area contributed by atoms with Gasteiger partial charge in [0.05, 0.1) is 27.7 Å². The highest BCUT2D eigenvalue weighted by molar-refractivity contribution is 7.99. The van der Waals surface area contributed by atoms with Crippen molar-refractivity contribution in [3.63, 3.8) is 0 Å². The fourth-order valence-corrected chi connectivity index (χ4v) is 3.34. The fraction of sp³-hybridized carbons (Fsp3) is 0.222. The molecule has 0 saturated carbocycles. The van der Waals surface area contributed by atoms with Crippen LogP contribution in [0.25, 0.3) is 5.82 Å². The maximum atomic E-state index is 12.8. The number of alkyl halides is 3. The normalized spacial score (nSPS) is 11.5. The van der Waals surface area contributed by atoms with Gasteiger partial charge in [0.1, 0.15) is 11.4 Å².